The summed E-state index contributed by atoms with van der Waals surface area (Å²) >= 11 is 3.34. The predicted molar refractivity (Wildman–Crippen MR) is 44.5 cm³/mol. The molecule has 4 heteroatoms. The Bertz CT molecular complexity index is 241. The second-order valence-corrected chi connectivity index (χ2v) is 3.06. The van der Waals surface area contributed by atoms with E-state index in [1.165, 1.54) is 0 Å². The third-order valence-electron chi connectivity index (χ3n) is 1.43. The molecule has 0 atom stereocenters. The highest BCUT2D eigenvalue weighted by molar-refractivity contribution is 9.12. The van der Waals surface area contributed by atoms with Gasteiger partial charge in [0.15, 0.2) is 0 Å². The maximum Gasteiger partial charge on any atom is 0.224 e. The zero-order valence-electron chi connectivity index (χ0n) is 5.29. The number of guanidine groups is 1. The number of allylic oxidation sites excluding steroid dienone is 1. The summed E-state index contributed by atoms with van der Waals surface area (Å²) in [6.07, 6.45) is 3.76. The van der Waals surface area contributed by atoms with Crippen LogP contribution >= 0.6 is 15.9 Å². The molecule has 3 nitrogen and oxygen atoms in total. The van der Waals surface area contributed by atoms with E-state index in [0.717, 1.165) is 23.5 Å². The van der Waals surface area contributed by atoms with E-state index in [9.17, 15) is 0 Å². The molecule has 0 unspecified atom stereocenters. The molecule has 2 heterocycles. The average Bonchev–Trinajstić information content (AvgIpc) is 2.33. The van der Waals surface area contributed by atoms with Crippen LogP contribution < -0.4 is 0 Å². The van der Waals surface area contributed by atoms with E-state index < -0.39 is 0 Å². The molecule has 0 saturated heterocycles. The Balaban J connectivity index is 2.32. The van der Waals surface area contributed by atoms with Gasteiger partial charge in [0, 0.05) is 19.0 Å². The molecular formula is C6H6BrN3. The molecule has 2 aliphatic heterocycles. The average molecular weight is 200 g/mol. The Morgan fingerprint density at radius 1 is 1.60 bits per heavy atom. The molecule has 2 rings (SSSR count). The second kappa shape index (κ2) is 2.20. The first-order valence-electron chi connectivity index (χ1n) is 3.09. The molecule has 0 aromatic heterocycles. The summed E-state index contributed by atoms with van der Waals surface area (Å²) in [7, 11) is 0. The SMILES string of the molecule is BrC1=CN2CCN=C2N=C1. The van der Waals surface area contributed by atoms with Crippen molar-refractivity contribution < 1.29 is 0 Å². The summed E-state index contributed by atoms with van der Waals surface area (Å²) < 4.78 is 1.01. The van der Waals surface area contributed by atoms with Gasteiger partial charge in [-0.2, -0.15) is 0 Å². The van der Waals surface area contributed by atoms with E-state index in [1.54, 1.807) is 6.21 Å². The number of rotatable bonds is 0. The van der Waals surface area contributed by atoms with Gasteiger partial charge >= 0.3 is 0 Å². The van der Waals surface area contributed by atoms with Crippen LogP contribution in [0, 0.1) is 0 Å². The number of nitrogens with zero attached hydrogens (tertiary/aromatic N) is 3. The van der Waals surface area contributed by atoms with Crippen molar-refractivity contribution in [2.24, 2.45) is 9.98 Å². The van der Waals surface area contributed by atoms with Crippen LogP contribution in [0.3, 0.4) is 0 Å². The van der Waals surface area contributed by atoms with Crippen molar-refractivity contribution in [2.45, 2.75) is 0 Å². The molecule has 10 heavy (non-hydrogen) atoms. The molecule has 0 fully saturated rings. The Morgan fingerprint density at radius 2 is 2.50 bits per heavy atom. The molecule has 0 spiro atoms. The van der Waals surface area contributed by atoms with Crippen LogP contribution in [0.1, 0.15) is 0 Å². The largest absolute Gasteiger partial charge is 0.314 e. The van der Waals surface area contributed by atoms with Crippen LogP contribution in [0.5, 0.6) is 0 Å². The molecule has 0 radical (unpaired) electrons. The minimum Gasteiger partial charge on any atom is -0.314 e. The molecule has 0 amide bonds. The van der Waals surface area contributed by atoms with Crippen molar-refractivity contribution in [3.8, 4) is 0 Å². The third kappa shape index (κ3) is 0.883. The van der Waals surface area contributed by atoms with Gasteiger partial charge < -0.3 is 4.90 Å². The topological polar surface area (TPSA) is 28.0 Å². The Morgan fingerprint density at radius 3 is 3.40 bits per heavy atom. The highest BCUT2D eigenvalue weighted by atomic mass is 79.9. The summed E-state index contributed by atoms with van der Waals surface area (Å²) in [6.45, 7) is 1.82. The van der Waals surface area contributed by atoms with Gasteiger partial charge in [0.05, 0.1) is 11.0 Å². The van der Waals surface area contributed by atoms with Gasteiger partial charge in [0.1, 0.15) is 0 Å². The quantitative estimate of drug-likeness (QED) is 0.572. The van der Waals surface area contributed by atoms with E-state index in [0.29, 0.717) is 0 Å². The zero-order valence-corrected chi connectivity index (χ0v) is 6.87. The third-order valence-corrected chi connectivity index (χ3v) is 1.84. The van der Waals surface area contributed by atoms with E-state index in [2.05, 4.69) is 25.9 Å². The normalized spacial score (nSPS) is 22.3. The number of hydrogen-bond donors (Lipinski definition) is 0. The maximum absolute atomic E-state index is 4.17. The van der Waals surface area contributed by atoms with Gasteiger partial charge in [-0.1, -0.05) is 0 Å². The lowest BCUT2D eigenvalue weighted by Gasteiger charge is -2.14. The number of halogens is 1. The van der Waals surface area contributed by atoms with Crippen molar-refractivity contribution in [3.05, 3.63) is 10.7 Å². The van der Waals surface area contributed by atoms with Gasteiger partial charge in [0.25, 0.3) is 0 Å². The highest BCUT2D eigenvalue weighted by Gasteiger charge is 2.16. The minimum absolute atomic E-state index is 0.836. The fourth-order valence-corrected chi connectivity index (χ4v) is 1.34. The summed E-state index contributed by atoms with van der Waals surface area (Å²) in [5.74, 6) is 0.836. The first kappa shape index (κ1) is 6.09. The molecule has 0 aromatic rings. The van der Waals surface area contributed by atoms with Crippen LogP contribution in [0.2, 0.25) is 0 Å². The standard InChI is InChI=1S/C6H6BrN3/c7-5-3-9-6-8-1-2-10(6)4-5/h3-4H,1-2H2. The fourth-order valence-electron chi connectivity index (χ4n) is 0.987. The second-order valence-electron chi connectivity index (χ2n) is 2.15. The lowest BCUT2D eigenvalue weighted by molar-refractivity contribution is 0.604. The Kier molecular flexibility index (Phi) is 1.34. The predicted octanol–water partition coefficient (Wildman–Crippen LogP) is 0.979. The van der Waals surface area contributed by atoms with E-state index >= 15 is 0 Å². The smallest absolute Gasteiger partial charge is 0.224 e. The van der Waals surface area contributed by atoms with Crippen LogP contribution in [-0.4, -0.2) is 30.2 Å². The molecule has 0 saturated carbocycles. The molecule has 2 aliphatic rings. The monoisotopic (exact) mass is 199 g/mol. The van der Waals surface area contributed by atoms with Crippen molar-refractivity contribution in [2.75, 3.05) is 13.1 Å². The van der Waals surface area contributed by atoms with Gasteiger partial charge in [-0.25, -0.2) is 9.98 Å². The van der Waals surface area contributed by atoms with Crippen LogP contribution in [0.15, 0.2) is 20.7 Å². The summed E-state index contributed by atoms with van der Waals surface area (Å²) in [6, 6.07) is 0. The highest BCUT2D eigenvalue weighted by Crippen LogP contribution is 2.13. The van der Waals surface area contributed by atoms with Crippen molar-refractivity contribution >= 4 is 28.1 Å². The molecule has 52 valence electrons. The first-order chi connectivity index (χ1) is 4.86. The van der Waals surface area contributed by atoms with E-state index in [-0.39, 0.29) is 0 Å². The molecular weight excluding hydrogens is 194 g/mol. The summed E-state index contributed by atoms with van der Waals surface area (Å²) in [5, 5.41) is 0. The van der Waals surface area contributed by atoms with Gasteiger partial charge in [-0.3, -0.25) is 0 Å². The molecule has 0 aromatic carbocycles. The summed E-state index contributed by atoms with van der Waals surface area (Å²) in [5.41, 5.74) is 0. The number of fused-ring (bicyclic) bond motifs is 1. The van der Waals surface area contributed by atoms with Crippen LogP contribution in [0.25, 0.3) is 0 Å². The van der Waals surface area contributed by atoms with E-state index in [4.69, 9.17) is 0 Å². The minimum atomic E-state index is 0.836. The van der Waals surface area contributed by atoms with Gasteiger partial charge in [-0.05, 0) is 15.9 Å². The van der Waals surface area contributed by atoms with Crippen molar-refractivity contribution in [1.82, 2.24) is 4.90 Å². The van der Waals surface area contributed by atoms with Gasteiger partial charge in [0.2, 0.25) is 5.96 Å². The molecule has 0 N–H and O–H groups in total. The Labute approximate surface area is 67.3 Å². The van der Waals surface area contributed by atoms with E-state index in [1.807, 2.05) is 11.1 Å². The summed E-state index contributed by atoms with van der Waals surface area (Å²) in [4.78, 5) is 10.3. The lowest BCUT2D eigenvalue weighted by atomic mass is 10.5. The molecule has 0 aliphatic carbocycles. The maximum atomic E-state index is 4.17. The fraction of sp³-hybridized carbons (Fsp3) is 0.333. The van der Waals surface area contributed by atoms with Crippen molar-refractivity contribution in [1.29, 1.82) is 0 Å². The Hall–Kier alpha value is -0.640. The first-order valence-corrected chi connectivity index (χ1v) is 3.88. The van der Waals surface area contributed by atoms with Crippen LogP contribution in [0.4, 0.5) is 0 Å². The number of hydrogen-bond acceptors (Lipinski definition) is 3. The van der Waals surface area contributed by atoms with Crippen LogP contribution in [-0.2, 0) is 0 Å². The zero-order chi connectivity index (χ0) is 6.97. The lowest BCUT2D eigenvalue weighted by Crippen LogP contribution is -2.22. The van der Waals surface area contributed by atoms with Gasteiger partial charge in [-0.15, -0.1) is 0 Å². The number of aliphatic imine (C=N–C) groups is 2. The molecule has 0 bridgehead atoms. The van der Waals surface area contributed by atoms with Crippen molar-refractivity contribution in [3.63, 3.8) is 0 Å².